The van der Waals surface area contributed by atoms with Crippen molar-refractivity contribution in [3.05, 3.63) is 24.3 Å². The third kappa shape index (κ3) is 14.7. The fourth-order valence-corrected chi connectivity index (χ4v) is 2.12. The molecule has 0 unspecified atom stereocenters. The number of rotatable bonds is 11. The first kappa shape index (κ1) is 25.6. The normalized spacial score (nSPS) is 13.9. The smallest absolute Gasteiger partial charge is 0.407 e. The molecule has 9 heteroatoms. The third-order valence-electron chi connectivity index (χ3n) is 3.24. The van der Waals surface area contributed by atoms with Crippen molar-refractivity contribution in [1.82, 2.24) is 16.0 Å². The first-order valence-electron chi connectivity index (χ1n) is 9.29. The molecule has 0 radical (unpaired) electrons. The summed E-state index contributed by atoms with van der Waals surface area (Å²) in [5.41, 5.74) is 4.66. The minimum Gasteiger partial charge on any atom is -0.444 e. The van der Waals surface area contributed by atoms with Crippen molar-refractivity contribution < 1.29 is 24.2 Å². The standard InChI is InChI=1S/C19H34N4O5/c1-5-6-7-8-16(25)22-13-15(24)11-14(12-17(26)21-10-9-20)23-18(27)28-19(2,3)4/h5-8,14-15,24H,9-13,20H2,1-4H3,(H,21,26)(H,22,25)(H,23,27)/b6-5-,8-7+/t14-,15-/m1/s1. The number of carbonyl (C=O) groups is 3. The zero-order valence-electron chi connectivity index (χ0n) is 17.2. The summed E-state index contributed by atoms with van der Waals surface area (Å²) in [6, 6.07) is -0.668. The number of hydrogen-bond donors (Lipinski definition) is 5. The molecule has 28 heavy (non-hydrogen) atoms. The van der Waals surface area contributed by atoms with Crippen LogP contribution in [0, 0.1) is 0 Å². The highest BCUT2D eigenvalue weighted by molar-refractivity contribution is 5.87. The molecule has 9 nitrogen and oxygen atoms in total. The Hall–Kier alpha value is -2.39. The molecular formula is C19H34N4O5. The number of aliphatic hydroxyl groups excluding tert-OH is 1. The van der Waals surface area contributed by atoms with Gasteiger partial charge in [-0.3, -0.25) is 9.59 Å². The lowest BCUT2D eigenvalue weighted by Gasteiger charge is -2.25. The van der Waals surface area contributed by atoms with Crippen LogP contribution in [0.4, 0.5) is 4.79 Å². The van der Waals surface area contributed by atoms with Crippen molar-refractivity contribution in [2.24, 2.45) is 5.73 Å². The Balaban J connectivity index is 4.73. The Morgan fingerprint density at radius 3 is 2.43 bits per heavy atom. The number of ether oxygens (including phenoxy) is 1. The summed E-state index contributed by atoms with van der Waals surface area (Å²) in [7, 11) is 0. The van der Waals surface area contributed by atoms with E-state index < -0.39 is 23.8 Å². The van der Waals surface area contributed by atoms with E-state index in [2.05, 4.69) is 16.0 Å². The number of nitrogens with one attached hydrogen (secondary N) is 3. The van der Waals surface area contributed by atoms with E-state index in [0.717, 1.165) is 0 Å². The second-order valence-corrected chi connectivity index (χ2v) is 7.21. The molecule has 0 aliphatic rings. The molecule has 0 bridgehead atoms. The molecule has 0 rings (SSSR count). The van der Waals surface area contributed by atoms with Crippen LogP contribution in [0.25, 0.3) is 0 Å². The van der Waals surface area contributed by atoms with E-state index >= 15 is 0 Å². The Labute approximate surface area is 166 Å². The molecule has 2 atom stereocenters. The van der Waals surface area contributed by atoms with E-state index in [-0.39, 0.29) is 31.2 Å². The van der Waals surface area contributed by atoms with Crippen LogP contribution in [0.1, 0.15) is 40.5 Å². The van der Waals surface area contributed by atoms with Crippen LogP contribution in [-0.4, -0.2) is 60.4 Å². The number of amides is 3. The lowest BCUT2D eigenvalue weighted by Crippen LogP contribution is -2.45. The molecule has 0 aliphatic carbocycles. The van der Waals surface area contributed by atoms with E-state index in [4.69, 9.17) is 10.5 Å². The van der Waals surface area contributed by atoms with E-state index in [0.29, 0.717) is 13.1 Å². The molecule has 6 N–H and O–H groups in total. The zero-order chi connectivity index (χ0) is 21.6. The summed E-state index contributed by atoms with van der Waals surface area (Å²) in [6.45, 7) is 7.59. The quantitative estimate of drug-likeness (QED) is 0.251. The van der Waals surface area contributed by atoms with Gasteiger partial charge in [-0.05, 0) is 34.1 Å². The number of carbonyl (C=O) groups excluding carboxylic acids is 3. The Morgan fingerprint density at radius 1 is 1.18 bits per heavy atom. The van der Waals surface area contributed by atoms with Crippen LogP contribution < -0.4 is 21.7 Å². The van der Waals surface area contributed by atoms with Gasteiger partial charge in [-0.2, -0.15) is 0 Å². The van der Waals surface area contributed by atoms with Gasteiger partial charge in [0, 0.05) is 38.2 Å². The number of aliphatic hydroxyl groups is 1. The molecule has 0 aromatic rings. The molecule has 0 saturated heterocycles. The predicted octanol–water partition coefficient (Wildman–Crippen LogP) is 0.344. The van der Waals surface area contributed by atoms with Crippen molar-refractivity contribution in [1.29, 1.82) is 0 Å². The highest BCUT2D eigenvalue weighted by atomic mass is 16.6. The highest BCUT2D eigenvalue weighted by Gasteiger charge is 2.23. The maximum atomic E-state index is 12.0. The molecular weight excluding hydrogens is 364 g/mol. The third-order valence-corrected chi connectivity index (χ3v) is 3.24. The summed E-state index contributed by atoms with van der Waals surface area (Å²) in [5, 5.41) is 17.9. The van der Waals surface area contributed by atoms with Gasteiger partial charge in [-0.1, -0.05) is 18.2 Å². The van der Waals surface area contributed by atoms with Gasteiger partial charge in [0.2, 0.25) is 11.8 Å². The van der Waals surface area contributed by atoms with Gasteiger partial charge >= 0.3 is 6.09 Å². The van der Waals surface area contributed by atoms with Gasteiger partial charge in [-0.25, -0.2) is 4.79 Å². The average Bonchev–Trinajstić information content (AvgIpc) is 2.56. The second-order valence-electron chi connectivity index (χ2n) is 7.21. The van der Waals surface area contributed by atoms with E-state index in [1.165, 1.54) is 6.08 Å². The van der Waals surface area contributed by atoms with Gasteiger partial charge in [-0.15, -0.1) is 0 Å². The molecule has 3 amide bonds. The Bertz CT molecular complexity index is 555. The Morgan fingerprint density at radius 2 is 1.86 bits per heavy atom. The minimum atomic E-state index is -0.957. The molecule has 0 aromatic heterocycles. The van der Waals surface area contributed by atoms with Crippen molar-refractivity contribution in [2.45, 2.75) is 58.3 Å². The van der Waals surface area contributed by atoms with Crippen LogP contribution in [0.15, 0.2) is 24.3 Å². The second kappa shape index (κ2) is 13.7. The van der Waals surface area contributed by atoms with Gasteiger partial charge in [0.1, 0.15) is 5.60 Å². The lowest BCUT2D eigenvalue weighted by atomic mass is 10.1. The number of allylic oxidation sites excluding steroid dienone is 3. The van der Waals surface area contributed by atoms with E-state index in [1.54, 1.807) is 39.0 Å². The van der Waals surface area contributed by atoms with Crippen LogP contribution >= 0.6 is 0 Å². The summed E-state index contributed by atoms with van der Waals surface area (Å²) in [5.74, 6) is -0.661. The Kier molecular flexibility index (Phi) is 12.6. The molecule has 160 valence electrons. The van der Waals surface area contributed by atoms with Crippen LogP contribution in [-0.2, 0) is 14.3 Å². The SMILES string of the molecule is C/C=C\C=C\C(=O)NC[C@H](O)C[C@H](CC(=O)NCCN)NC(=O)OC(C)(C)C. The summed E-state index contributed by atoms with van der Waals surface area (Å²) in [6.07, 6.45) is 4.77. The van der Waals surface area contributed by atoms with Gasteiger partial charge in [0.15, 0.2) is 0 Å². The molecule has 0 aromatic carbocycles. The van der Waals surface area contributed by atoms with Crippen molar-refractivity contribution in [3.63, 3.8) is 0 Å². The van der Waals surface area contributed by atoms with Crippen molar-refractivity contribution in [3.8, 4) is 0 Å². The van der Waals surface area contributed by atoms with Crippen molar-refractivity contribution >= 4 is 17.9 Å². The van der Waals surface area contributed by atoms with Gasteiger partial charge in [0.05, 0.1) is 6.10 Å². The van der Waals surface area contributed by atoms with Gasteiger partial charge in [0.25, 0.3) is 0 Å². The van der Waals surface area contributed by atoms with E-state index in [9.17, 15) is 19.5 Å². The number of nitrogens with two attached hydrogens (primary N) is 1. The fraction of sp³-hybridized carbons (Fsp3) is 0.632. The monoisotopic (exact) mass is 398 g/mol. The first-order valence-corrected chi connectivity index (χ1v) is 9.29. The maximum absolute atomic E-state index is 12.0. The number of hydrogen-bond acceptors (Lipinski definition) is 6. The first-order chi connectivity index (χ1) is 13.1. The highest BCUT2D eigenvalue weighted by Crippen LogP contribution is 2.09. The largest absolute Gasteiger partial charge is 0.444 e. The predicted molar refractivity (Wildman–Crippen MR) is 107 cm³/mol. The van der Waals surface area contributed by atoms with E-state index in [1.807, 2.05) is 6.92 Å². The fourth-order valence-electron chi connectivity index (χ4n) is 2.12. The minimum absolute atomic E-state index is 0.0179. The van der Waals surface area contributed by atoms with Crippen LogP contribution in [0.2, 0.25) is 0 Å². The van der Waals surface area contributed by atoms with Crippen LogP contribution in [0.3, 0.4) is 0 Å². The lowest BCUT2D eigenvalue weighted by molar-refractivity contribution is -0.121. The molecule has 0 aliphatic heterocycles. The molecule has 0 fully saturated rings. The molecule has 0 saturated carbocycles. The summed E-state index contributed by atoms with van der Waals surface area (Å²) < 4.78 is 5.20. The van der Waals surface area contributed by atoms with Crippen LogP contribution in [0.5, 0.6) is 0 Å². The summed E-state index contributed by atoms with van der Waals surface area (Å²) >= 11 is 0. The average molecular weight is 399 g/mol. The zero-order valence-corrected chi connectivity index (χ0v) is 17.2. The molecule has 0 heterocycles. The molecule has 0 spiro atoms. The van der Waals surface area contributed by atoms with Crippen molar-refractivity contribution in [2.75, 3.05) is 19.6 Å². The number of alkyl carbamates (subject to hydrolysis) is 1. The summed E-state index contributed by atoms with van der Waals surface area (Å²) in [4.78, 5) is 35.6. The van der Waals surface area contributed by atoms with Gasteiger partial charge < -0.3 is 31.5 Å². The topological polar surface area (TPSA) is 143 Å². The maximum Gasteiger partial charge on any atom is 0.407 e.